The number of ether oxygens (including phenoxy) is 1. The van der Waals surface area contributed by atoms with E-state index in [1.807, 2.05) is 18.2 Å². The molecule has 0 fully saturated rings. The fraction of sp³-hybridized carbons (Fsp3) is 0.250. The fourth-order valence-electron chi connectivity index (χ4n) is 3.22. The van der Waals surface area contributed by atoms with Gasteiger partial charge in [-0.2, -0.15) is 10.1 Å². The van der Waals surface area contributed by atoms with E-state index in [9.17, 15) is 0 Å². The Balaban J connectivity index is 1.42. The van der Waals surface area contributed by atoms with Crippen molar-refractivity contribution in [2.45, 2.75) is 12.8 Å². The van der Waals surface area contributed by atoms with Crippen LogP contribution >= 0.6 is 0 Å². The smallest absolute Gasteiger partial charge is 0.244 e. The second-order valence-corrected chi connectivity index (χ2v) is 6.20. The molecule has 6 heteroatoms. The molecule has 0 atom stereocenters. The summed E-state index contributed by atoms with van der Waals surface area (Å²) in [6, 6.07) is 16.5. The van der Waals surface area contributed by atoms with Crippen molar-refractivity contribution in [1.82, 2.24) is 15.2 Å². The number of nitrogens with zero attached hydrogens (tertiary/aromatic N) is 4. The summed E-state index contributed by atoms with van der Waals surface area (Å²) in [6.45, 7) is 1.65. The molecule has 0 saturated carbocycles. The van der Waals surface area contributed by atoms with Gasteiger partial charge in [0.05, 0.1) is 13.3 Å². The highest BCUT2D eigenvalue weighted by Crippen LogP contribution is 2.32. The Hall–Kier alpha value is -3.15. The molecule has 132 valence electrons. The maximum atomic E-state index is 5.26. The standard InChI is InChI=1S/C20H21N5O/c1-26-17-7-4-5-15(13-17)9-11-21-20-23-19(14-22-24-20)25-12-10-16-6-2-3-8-18(16)25/h2-8,13-14H,9-12H2,1H3,(H,21,23,24). The Bertz CT molecular complexity index is 899. The summed E-state index contributed by atoms with van der Waals surface area (Å²) in [4.78, 5) is 6.83. The largest absolute Gasteiger partial charge is 0.497 e. The Morgan fingerprint density at radius 2 is 2.08 bits per heavy atom. The van der Waals surface area contributed by atoms with Gasteiger partial charge in [-0.05, 0) is 42.2 Å². The summed E-state index contributed by atoms with van der Waals surface area (Å²) < 4.78 is 5.26. The zero-order valence-electron chi connectivity index (χ0n) is 14.7. The zero-order valence-corrected chi connectivity index (χ0v) is 14.7. The molecule has 0 amide bonds. The van der Waals surface area contributed by atoms with Gasteiger partial charge in [0.15, 0.2) is 5.82 Å². The molecule has 1 N–H and O–H groups in total. The first-order chi connectivity index (χ1) is 12.8. The summed E-state index contributed by atoms with van der Waals surface area (Å²) in [6.07, 6.45) is 3.60. The van der Waals surface area contributed by atoms with Gasteiger partial charge in [-0.25, -0.2) is 0 Å². The Labute approximate surface area is 152 Å². The number of benzene rings is 2. The molecule has 26 heavy (non-hydrogen) atoms. The third-order valence-corrected chi connectivity index (χ3v) is 4.54. The van der Waals surface area contributed by atoms with E-state index in [1.54, 1.807) is 13.3 Å². The minimum atomic E-state index is 0.551. The van der Waals surface area contributed by atoms with E-state index in [4.69, 9.17) is 4.74 Å². The van der Waals surface area contributed by atoms with Gasteiger partial charge < -0.3 is 15.0 Å². The van der Waals surface area contributed by atoms with Crippen molar-refractivity contribution >= 4 is 17.5 Å². The van der Waals surface area contributed by atoms with Crippen LogP contribution in [-0.4, -0.2) is 35.4 Å². The van der Waals surface area contributed by atoms with E-state index in [-0.39, 0.29) is 0 Å². The Kier molecular flexibility index (Phi) is 4.64. The molecular formula is C20H21N5O. The van der Waals surface area contributed by atoms with Gasteiger partial charge >= 0.3 is 0 Å². The molecule has 1 aromatic heterocycles. The van der Waals surface area contributed by atoms with Crippen molar-refractivity contribution in [1.29, 1.82) is 0 Å². The van der Waals surface area contributed by atoms with Gasteiger partial charge in [0.1, 0.15) is 5.75 Å². The minimum absolute atomic E-state index is 0.551. The predicted molar refractivity (Wildman–Crippen MR) is 102 cm³/mol. The Morgan fingerprint density at radius 1 is 1.15 bits per heavy atom. The van der Waals surface area contributed by atoms with E-state index < -0.39 is 0 Å². The molecule has 0 aliphatic carbocycles. The van der Waals surface area contributed by atoms with Crippen LogP contribution in [0.2, 0.25) is 0 Å². The van der Waals surface area contributed by atoms with Crippen LogP contribution in [0.4, 0.5) is 17.5 Å². The van der Waals surface area contributed by atoms with E-state index in [0.29, 0.717) is 5.95 Å². The highest BCUT2D eigenvalue weighted by atomic mass is 16.5. The molecule has 0 spiro atoms. The molecule has 1 aliphatic heterocycles. The van der Waals surface area contributed by atoms with Gasteiger partial charge in [-0.3, -0.25) is 0 Å². The first kappa shape index (κ1) is 16.3. The van der Waals surface area contributed by atoms with Gasteiger partial charge in [0, 0.05) is 18.8 Å². The average Bonchev–Trinajstić information content (AvgIpc) is 3.13. The average molecular weight is 347 g/mol. The van der Waals surface area contributed by atoms with Gasteiger partial charge in [-0.1, -0.05) is 30.3 Å². The van der Waals surface area contributed by atoms with Crippen molar-refractivity contribution in [3.05, 3.63) is 65.9 Å². The molecule has 6 nitrogen and oxygen atoms in total. The van der Waals surface area contributed by atoms with Crippen molar-refractivity contribution < 1.29 is 4.74 Å². The van der Waals surface area contributed by atoms with Crippen LogP contribution in [0, 0.1) is 0 Å². The van der Waals surface area contributed by atoms with Crippen LogP contribution in [0.3, 0.4) is 0 Å². The number of methoxy groups -OCH3 is 1. The number of aromatic nitrogens is 3. The lowest BCUT2D eigenvalue weighted by molar-refractivity contribution is 0.414. The van der Waals surface area contributed by atoms with Crippen molar-refractivity contribution in [3.63, 3.8) is 0 Å². The number of rotatable bonds is 6. The molecular weight excluding hydrogens is 326 g/mol. The number of nitrogens with one attached hydrogen (secondary N) is 1. The number of anilines is 3. The number of hydrogen-bond acceptors (Lipinski definition) is 6. The van der Waals surface area contributed by atoms with Crippen LogP contribution in [0.25, 0.3) is 0 Å². The molecule has 4 rings (SSSR count). The molecule has 3 aromatic rings. The fourth-order valence-corrected chi connectivity index (χ4v) is 3.22. The van der Waals surface area contributed by atoms with Crippen LogP contribution in [-0.2, 0) is 12.8 Å². The summed E-state index contributed by atoms with van der Waals surface area (Å²) in [5, 5.41) is 11.5. The van der Waals surface area contributed by atoms with Crippen LogP contribution in [0.1, 0.15) is 11.1 Å². The van der Waals surface area contributed by atoms with Gasteiger partial charge in [-0.15, -0.1) is 5.10 Å². The zero-order chi connectivity index (χ0) is 17.8. The molecule has 1 aliphatic rings. The highest BCUT2D eigenvalue weighted by molar-refractivity contribution is 5.67. The van der Waals surface area contributed by atoms with E-state index >= 15 is 0 Å². The monoisotopic (exact) mass is 347 g/mol. The van der Waals surface area contributed by atoms with Crippen LogP contribution in [0.15, 0.2) is 54.7 Å². The number of hydrogen-bond donors (Lipinski definition) is 1. The van der Waals surface area contributed by atoms with Crippen molar-refractivity contribution in [2.24, 2.45) is 0 Å². The molecule has 2 aromatic carbocycles. The second kappa shape index (κ2) is 7.39. The summed E-state index contributed by atoms with van der Waals surface area (Å²) in [5.74, 6) is 2.25. The third-order valence-electron chi connectivity index (χ3n) is 4.54. The van der Waals surface area contributed by atoms with Crippen molar-refractivity contribution in [3.8, 4) is 5.75 Å². The normalized spacial score (nSPS) is 12.7. The summed E-state index contributed by atoms with van der Waals surface area (Å²) in [5.41, 5.74) is 3.75. The number of para-hydroxylation sites is 1. The Morgan fingerprint density at radius 3 is 3.00 bits per heavy atom. The first-order valence-corrected chi connectivity index (χ1v) is 8.75. The first-order valence-electron chi connectivity index (χ1n) is 8.75. The predicted octanol–water partition coefficient (Wildman–Crippen LogP) is 3.23. The molecule has 2 heterocycles. The van der Waals surface area contributed by atoms with Gasteiger partial charge in [0.2, 0.25) is 5.95 Å². The topological polar surface area (TPSA) is 63.2 Å². The lowest BCUT2D eigenvalue weighted by Gasteiger charge is -2.18. The molecule has 0 bridgehead atoms. The summed E-state index contributed by atoms with van der Waals surface area (Å²) in [7, 11) is 1.68. The molecule has 0 radical (unpaired) electrons. The summed E-state index contributed by atoms with van der Waals surface area (Å²) >= 11 is 0. The van der Waals surface area contributed by atoms with E-state index in [2.05, 4.69) is 55.7 Å². The lowest BCUT2D eigenvalue weighted by atomic mass is 10.1. The van der Waals surface area contributed by atoms with E-state index in [1.165, 1.54) is 16.8 Å². The lowest BCUT2D eigenvalue weighted by Crippen LogP contribution is -2.17. The van der Waals surface area contributed by atoms with Gasteiger partial charge in [0.25, 0.3) is 0 Å². The second-order valence-electron chi connectivity index (χ2n) is 6.20. The molecule has 0 unspecified atom stereocenters. The highest BCUT2D eigenvalue weighted by Gasteiger charge is 2.21. The maximum absolute atomic E-state index is 5.26. The van der Waals surface area contributed by atoms with E-state index in [0.717, 1.165) is 37.5 Å². The SMILES string of the molecule is COc1cccc(CCNc2nncc(N3CCc4ccccc43)n2)c1. The van der Waals surface area contributed by atoms with Crippen LogP contribution < -0.4 is 15.0 Å². The third kappa shape index (κ3) is 3.44. The van der Waals surface area contributed by atoms with Crippen LogP contribution in [0.5, 0.6) is 5.75 Å². The minimum Gasteiger partial charge on any atom is -0.497 e. The van der Waals surface area contributed by atoms with Crippen molar-refractivity contribution in [2.75, 3.05) is 30.4 Å². The quantitative estimate of drug-likeness (QED) is 0.739. The molecule has 0 saturated heterocycles. The number of fused-ring (bicyclic) bond motifs is 1. The maximum Gasteiger partial charge on any atom is 0.244 e.